The van der Waals surface area contributed by atoms with E-state index in [0.717, 1.165) is 39.6 Å². The molecule has 0 spiro atoms. The van der Waals surface area contributed by atoms with Crippen molar-refractivity contribution < 1.29 is 9.64 Å². The summed E-state index contributed by atoms with van der Waals surface area (Å²) in [6.07, 6.45) is 0. The van der Waals surface area contributed by atoms with E-state index in [9.17, 15) is 0 Å². The summed E-state index contributed by atoms with van der Waals surface area (Å²) in [7, 11) is 3.89. The number of aromatic nitrogens is 1. The Kier molecular flexibility index (Phi) is 5.66. The summed E-state index contributed by atoms with van der Waals surface area (Å²) in [5.41, 5.74) is 3.60. The molecule has 1 atom stereocenters. The van der Waals surface area contributed by atoms with Gasteiger partial charge in [0.2, 0.25) is 0 Å². The van der Waals surface area contributed by atoms with Crippen LogP contribution in [0.25, 0.3) is 10.6 Å². The highest BCUT2D eigenvalue weighted by Gasteiger charge is 2.10. The molecular weight excluding hydrogens is 384 g/mol. The molecular formula is C19H20BrN2OS+. The number of hydrogen-bond acceptors (Lipinski definition) is 3. The van der Waals surface area contributed by atoms with Crippen LogP contribution in [-0.2, 0) is 13.1 Å². The van der Waals surface area contributed by atoms with E-state index >= 15 is 0 Å². The fourth-order valence-corrected chi connectivity index (χ4v) is 3.82. The average molecular weight is 404 g/mol. The van der Waals surface area contributed by atoms with E-state index in [1.165, 1.54) is 10.5 Å². The summed E-state index contributed by atoms with van der Waals surface area (Å²) in [5.74, 6) is 0.898. The monoisotopic (exact) mass is 403 g/mol. The molecule has 0 radical (unpaired) electrons. The first-order valence-electron chi connectivity index (χ1n) is 7.78. The second-order valence-corrected chi connectivity index (χ2v) is 7.59. The van der Waals surface area contributed by atoms with E-state index in [-0.39, 0.29) is 0 Å². The molecule has 124 valence electrons. The first-order valence-corrected chi connectivity index (χ1v) is 9.46. The molecule has 0 fully saturated rings. The van der Waals surface area contributed by atoms with Crippen LogP contribution in [0, 0.1) is 0 Å². The second-order valence-electron chi connectivity index (χ2n) is 5.81. The van der Waals surface area contributed by atoms with Crippen LogP contribution in [0.1, 0.15) is 11.3 Å². The zero-order valence-corrected chi connectivity index (χ0v) is 16.2. The molecule has 1 N–H and O–H groups in total. The van der Waals surface area contributed by atoms with Crippen molar-refractivity contribution in [1.82, 2.24) is 4.98 Å². The zero-order chi connectivity index (χ0) is 16.9. The highest BCUT2D eigenvalue weighted by molar-refractivity contribution is 9.10. The largest absolute Gasteiger partial charge is 0.497 e. The Labute approximate surface area is 155 Å². The van der Waals surface area contributed by atoms with Crippen LogP contribution in [0.5, 0.6) is 5.75 Å². The van der Waals surface area contributed by atoms with Crippen LogP contribution in [-0.4, -0.2) is 19.1 Å². The minimum atomic E-state index is 0.898. The molecule has 0 amide bonds. The maximum atomic E-state index is 5.20. The van der Waals surface area contributed by atoms with E-state index in [0.29, 0.717) is 0 Å². The molecule has 0 saturated carbocycles. The van der Waals surface area contributed by atoms with Crippen LogP contribution in [0.3, 0.4) is 0 Å². The number of methoxy groups -OCH3 is 1. The zero-order valence-electron chi connectivity index (χ0n) is 13.8. The highest BCUT2D eigenvalue weighted by Crippen LogP contribution is 2.26. The maximum absolute atomic E-state index is 5.20. The van der Waals surface area contributed by atoms with Crippen molar-refractivity contribution in [3.05, 3.63) is 69.6 Å². The summed E-state index contributed by atoms with van der Waals surface area (Å²) in [5, 5.41) is 3.23. The van der Waals surface area contributed by atoms with Gasteiger partial charge in [-0.2, -0.15) is 0 Å². The van der Waals surface area contributed by atoms with Crippen molar-refractivity contribution in [1.29, 1.82) is 0 Å². The summed E-state index contributed by atoms with van der Waals surface area (Å²) >= 11 is 5.22. The number of hydrogen-bond donors (Lipinski definition) is 1. The average Bonchev–Trinajstić information content (AvgIpc) is 3.04. The van der Waals surface area contributed by atoms with E-state index in [1.807, 2.05) is 24.3 Å². The predicted molar refractivity (Wildman–Crippen MR) is 103 cm³/mol. The lowest BCUT2D eigenvalue weighted by Crippen LogP contribution is -3.06. The van der Waals surface area contributed by atoms with Gasteiger partial charge in [0.15, 0.2) is 0 Å². The van der Waals surface area contributed by atoms with Crippen LogP contribution in [0.15, 0.2) is 58.4 Å². The third-order valence-corrected chi connectivity index (χ3v) is 5.20. The standard InChI is InChI=1S/C19H19BrN2OS/c1-22(11-14-6-8-18(23-2)9-7-14)12-17-13-24-19(21-17)15-4-3-5-16(20)10-15/h3-10,13H,11-12H2,1-2H3/p+1. The number of thiazole rings is 1. The first kappa shape index (κ1) is 17.1. The topological polar surface area (TPSA) is 26.6 Å². The van der Waals surface area contributed by atoms with Gasteiger partial charge >= 0.3 is 0 Å². The van der Waals surface area contributed by atoms with Gasteiger partial charge in [-0.05, 0) is 36.4 Å². The molecule has 0 aliphatic rings. The Morgan fingerprint density at radius 3 is 2.62 bits per heavy atom. The number of nitrogens with one attached hydrogen (secondary N) is 1. The van der Waals surface area contributed by atoms with Crippen LogP contribution >= 0.6 is 27.3 Å². The van der Waals surface area contributed by atoms with Crippen molar-refractivity contribution in [3.63, 3.8) is 0 Å². The summed E-state index contributed by atoms with van der Waals surface area (Å²) < 4.78 is 6.29. The summed E-state index contributed by atoms with van der Waals surface area (Å²) in [6.45, 7) is 1.88. The van der Waals surface area contributed by atoms with E-state index in [4.69, 9.17) is 9.72 Å². The van der Waals surface area contributed by atoms with Crippen LogP contribution in [0.4, 0.5) is 0 Å². The second kappa shape index (κ2) is 7.92. The van der Waals surface area contributed by atoms with E-state index in [2.05, 4.69) is 52.6 Å². The number of quaternary nitrogens is 1. The lowest BCUT2D eigenvalue weighted by molar-refractivity contribution is -0.908. The van der Waals surface area contributed by atoms with E-state index < -0.39 is 0 Å². The Morgan fingerprint density at radius 2 is 1.92 bits per heavy atom. The van der Waals surface area contributed by atoms with Gasteiger partial charge in [0.05, 0.1) is 14.2 Å². The Balaban J connectivity index is 1.63. The molecule has 3 rings (SSSR count). The number of benzene rings is 2. The third kappa shape index (κ3) is 4.44. The van der Waals surface area contributed by atoms with Crippen molar-refractivity contribution in [3.8, 4) is 16.3 Å². The van der Waals surface area contributed by atoms with Gasteiger partial charge in [0.1, 0.15) is 29.5 Å². The third-order valence-electron chi connectivity index (χ3n) is 3.77. The van der Waals surface area contributed by atoms with Crippen LogP contribution in [0.2, 0.25) is 0 Å². The molecule has 0 aliphatic carbocycles. The number of rotatable bonds is 6. The van der Waals surface area contributed by atoms with Gasteiger partial charge in [-0.1, -0.05) is 28.1 Å². The SMILES string of the molecule is COc1ccc(C[NH+](C)Cc2csc(-c3cccc(Br)c3)n2)cc1. The highest BCUT2D eigenvalue weighted by atomic mass is 79.9. The molecule has 1 unspecified atom stereocenters. The smallest absolute Gasteiger partial charge is 0.123 e. The van der Waals surface area contributed by atoms with Crippen molar-refractivity contribution in [2.24, 2.45) is 0 Å². The maximum Gasteiger partial charge on any atom is 0.123 e. The summed E-state index contributed by atoms with van der Waals surface area (Å²) in [4.78, 5) is 6.20. The van der Waals surface area contributed by atoms with Crippen LogP contribution < -0.4 is 9.64 Å². The van der Waals surface area contributed by atoms with Gasteiger partial charge in [0.25, 0.3) is 0 Å². The quantitative estimate of drug-likeness (QED) is 0.677. The fourth-order valence-electron chi connectivity index (χ4n) is 2.61. The van der Waals surface area contributed by atoms with Crippen molar-refractivity contribution >= 4 is 27.3 Å². The Morgan fingerprint density at radius 1 is 1.12 bits per heavy atom. The van der Waals surface area contributed by atoms with Gasteiger partial charge in [-0.3, -0.25) is 0 Å². The lowest BCUT2D eigenvalue weighted by Gasteiger charge is -2.13. The van der Waals surface area contributed by atoms with Gasteiger partial charge in [0, 0.05) is 21.0 Å². The number of halogens is 1. The Bertz CT molecular complexity index is 801. The van der Waals surface area contributed by atoms with Crippen molar-refractivity contribution in [2.45, 2.75) is 13.1 Å². The molecule has 5 heteroatoms. The number of ether oxygens (including phenoxy) is 1. The predicted octanol–water partition coefficient (Wildman–Crippen LogP) is 3.80. The van der Waals surface area contributed by atoms with Gasteiger partial charge < -0.3 is 9.64 Å². The normalized spacial score (nSPS) is 12.1. The van der Waals surface area contributed by atoms with Gasteiger partial charge in [-0.25, -0.2) is 4.98 Å². The molecule has 0 bridgehead atoms. The molecule has 0 saturated heterocycles. The molecule has 2 aromatic carbocycles. The number of nitrogens with zero attached hydrogens (tertiary/aromatic N) is 1. The molecule has 1 heterocycles. The van der Waals surface area contributed by atoms with E-state index in [1.54, 1.807) is 18.4 Å². The summed E-state index contributed by atoms with van der Waals surface area (Å²) in [6, 6.07) is 16.5. The lowest BCUT2D eigenvalue weighted by atomic mass is 10.2. The fraction of sp³-hybridized carbons (Fsp3) is 0.211. The molecule has 3 aromatic rings. The minimum absolute atomic E-state index is 0.898. The molecule has 1 aromatic heterocycles. The van der Waals surface area contributed by atoms with Crippen molar-refractivity contribution in [2.75, 3.05) is 14.2 Å². The molecule has 24 heavy (non-hydrogen) atoms. The van der Waals surface area contributed by atoms with Gasteiger partial charge in [-0.15, -0.1) is 11.3 Å². The first-order chi connectivity index (χ1) is 11.6. The molecule has 0 aliphatic heterocycles. The Hall–Kier alpha value is -1.69. The minimum Gasteiger partial charge on any atom is -0.497 e. The molecule has 3 nitrogen and oxygen atoms in total.